The van der Waals surface area contributed by atoms with Crippen molar-refractivity contribution in [2.75, 3.05) is 32.7 Å². The summed E-state index contributed by atoms with van der Waals surface area (Å²) in [5.41, 5.74) is 0.834. The number of amides is 3. The molecule has 0 spiro atoms. The lowest BCUT2D eigenvalue weighted by atomic mass is 9.84. The molecule has 3 aromatic carbocycles. The van der Waals surface area contributed by atoms with Crippen LogP contribution in [0.4, 0.5) is 22.8 Å². The van der Waals surface area contributed by atoms with Crippen LogP contribution in [0.15, 0.2) is 78.9 Å². The Bertz CT molecular complexity index is 1860. The third kappa shape index (κ3) is 9.01. The molecule has 13 heteroatoms. The van der Waals surface area contributed by atoms with Crippen LogP contribution in [0, 0.1) is 23.0 Å². The molecule has 0 radical (unpaired) electrons. The molecule has 0 N–H and O–H groups in total. The van der Waals surface area contributed by atoms with Crippen LogP contribution < -0.4 is 0 Å². The Morgan fingerprint density at radius 1 is 0.906 bits per heavy atom. The molecule has 53 heavy (non-hydrogen) atoms. The number of halogens is 3. The van der Waals surface area contributed by atoms with E-state index in [1.54, 1.807) is 14.5 Å². The van der Waals surface area contributed by atoms with Crippen molar-refractivity contribution in [3.63, 3.8) is 0 Å². The second-order valence-electron chi connectivity index (χ2n) is 15.1. The number of hydrogen-bond acceptors (Lipinski definition) is 6. The highest BCUT2D eigenvalue weighted by Crippen LogP contribution is 2.41. The van der Waals surface area contributed by atoms with Crippen LogP contribution in [0.3, 0.4) is 0 Å². The van der Waals surface area contributed by atoms with E-state index in [0.717, 1.165) is 29.3 Å². The van der Waals surface area contributed by atoms with Gasteiger partial charge in [-0.25, -0.2) is 32.4 Å². The molecule has 5 atom stereocenters. The lowest BCUT2D eigenvalue weighted by Gasteiger charge is -2.45. The molecule has 0 aliphatic carbocycles. The first-order valence-corrected chi connectivity index (χ1v) is 18.0. The zero-order chi connectivity index (χ0) is 37.9. The van der Waals surface area contributed by atoms with Gasteiger partial charge in [0.25, 0.3) is 0 Å². The van der Waals surface area contributed by atoms with Gasteiger partial charge in [0.2, 0.25) is 0 Å². The number of carbonyl (C=O) groups is 2. The number of aromatic nitrogens is 3. The number of benzene rings is 3. The molecule has 1 aromatic heterocycles. The molecule has 0 unspecified atom stereocenters. The van der Waals surface area contributed by atoms with Gasteiger partial charge < -0.3 is 24.2 Å². The maximum absolute atomic E-state index is 16.1. The second-order valence-corrected chi connectivity index (χ2v) is 15.1. The quantitative estimate of drug-likeness (QED) is 0.177. The molecule has 10 nitrogen and oxygen atoms in total. The van der Waals surface area contributed by atoms with Crippen LogP contribution in [0.1, 0.15) is 57.6 Å². The van der Waals surface area contributed by atoms with Gasteiger partial charge in [-0.05, 0) is 48.6 Å². The fourth-order valence-electron chi connectivity index (χ4n) is 7.23. The maximum atomic E-state index is 16.1. The van der Waals surface area contributed by atoms with Crippen LogP contribution in [0.25, 0.3) is 11.4 Å². The number of ether oxygens (including phenoxy) is 2. The van der Waals surface area contributed by atoms with Gasteiger partial charge in [0.15, 0.2) is 11.6 Å². The Kier molecular flexibility index (Phi) is 11.4. The number of alkyl halides is 1. The number of carbonyl (C=O) groups excluding carboxylic acids is 2. The van der Waals surface area contributed by atoms with Gasteiger partial charge in [-0.15, -0.1) is 0 Å². The average molecular weight is 733 g/mol. The molecule has 2 aliphatic rings. The summed E-state index contributed by atoms with van der Waals surface area (Å²) in [6, 6.07) is 20.6. The molecule has 3 amide bonds. The van der Waals surface area contributed by atoms with Crippen LogP contribution in [-0.2, 0) is 22.6 Å². The SMILES string of the molecule is C[C@@H]1CN(C(=O)N(C[C@@H]2CN(C(=O)OCc3ccccc3)C[C@@H]2F)[C@@H](c2nc(-c3cc(F)ccc3F)nn2Cc2ccccc2)C(C)(C)C)C[C@H](C)O1. The molecule has 2 fully saturated rings. The van der Waals surface area contributed by atoms with Crippen LogP contribution >= 0.6 is 0 Å². The number of rotatable bonds is 9. The predicted molar refractivity (Wildman–Crippen MR) is 193 cm³/mol. The lowest BCUT2D eigenvalue weighted by Crippen LogP contribution is -2.56. The summed E-state index contributed by atoms with van der Waals surface area (Å²) in [5, 5.41) is 4.70. The second kappa shape index (κ2) is 16.0. The van der Waals surface area contributed by atoms with Crippen molar-refractivity contribution in [2.24, 2.45) is 11.3 Å². The summed E-state index contributed by atoms with van der Waals surface area (Å²) in [7, 11) is 0. The number of likely N-dealkylation sites (tertiary alicyclic amines) is 1. The third-order valence-electron chi connectivity index (χ3n) is 9.61. The predicted octanol–water partition coefficient (Wildman–Crippen LogP) is 7.50. The first-order valence-electron chi connectivity index (χ1n) is 18.0. The van der Waals surface area contributed by atoms with Crippen molar-refractivity contribution in [3.8, 4) is 11.4 Å². The van der Waals surface area contributed by atoms with Gasteiger partial charge >= 0.3 is 12.1 Å². The number of urea groups is 1. The average Bonchev–Trinajstić information content (AvgIpc) is 3.70. The van der Waals surface area contributed by atoms with Crippen LogP contribution in [0.5, 0.6) is 0 Å². The van der Waals surface area contributed by atoms with Crippen molar-refractivity contribution in [3.05, 3.63) is 107 Å². The van der Waals surface area contributed by atoms with E-state index in [0.29, 0.717) is 18.9 Å². The first kappa shape index (κ1) is 37.8. The normalized spacial score (nSPS) is 21.1. The first-order chi connectivity index (χ1) is 25.3. The van der Waals surface area contributed by atoms with Crippen molar-refractivity contribution in [1.82, 2.24) is 29.5 Å². The standard InChI is InChI=1S/C40H47F3N6O4/c1-26-19-46(20-27(2)53-26)38(50)48(23-30-22-47(24-34(30)43)39(51)52-25-29-14-10-7-11-15-29)35(40(3,4)5)37-44-36(32-18-31(41)16-17-33(32)42)45-49(37)21-28-12-8-6-9-13-28/h6-18,26-27,30,34-35H,19-25H2,1-5H3/t26-,27+,30-,34-,35-/m0/s1. The van der Waals surface area contributed by atoms with Crippen molar-refractivity contribution < 1.29 is 32.2 Å². The van der Waals surface area contributed by atoms with Crippen LogP contribution in [-0.4, -0.2) is 92.7 Å². The number of hydrogen-bond donors (Lipinski definition) is 0. The van der Waals surface area contributed by atoms with Crippen molar-refractivity contribution in [1.29, 1.82) is 0 Å². The molecular formula is C40H47F3N6O4. The Morgan fingerprint density at radius 3 is 2.19 bits per heavy atom. The highest BCUT2D eigenvalue weighted by Gasteiger charge is 2.45. The van der Waals surface area contributed by atoms with E-state index < -0.39 is 41.3 Å². The van der Waals surface area contributed by atoms with E-state index in [-0.39, 0.29) is 62.4 Å². The van der Waals surface area contributed by atoms with E-state index in [4.69, 9.17) is 19.6 Å². The third-order valence-corrected chi connectivity index (χ3v) is 9.61. The van der Waals surface area contributed by atoms with E-state index in [1.807, 2.05) is 95.3 Å². The van der Waals surface area contributed by atoms with Crippen molar-refractivity contribution in [2.45, 2.75) is 72.2 Å². The highest BCUT2D eigenvalue weighted by atomic mass is 19.1. The molecule has 6 rings (SSSR count). The fourth-order valence-corrected chi connectivity index (χ4v) is 7.23. The lowest BCUT2D eigenvalue weighted by molar-refractivity contribution is -0.0621. The Hall–Kier alpha value is -4.91. The molecule has 0 bridgehead atoms. The van der Waals surface area contributed by atoms with Gasteiger partial charge in [-0.3, -0.25) is 0 Å². The molecule has 0 saturated carbocycles. The molecule has 3 heterocycles. The summed E-state index contributed by atoms with van der Waals surface area (Å²) in [4.78, 5) is 37.5. The van der Waals surface area contributed by atoms with E-state index in [9.17, 15) is 14.0 Å². The number of morpholine rings is 1. The minimum atomic E-state index is -1.45. The topological polar surface area (TPSA) is 93.0 Å². The highest BCUT2D eigenvalue weighted by molar-refractivity contribution is 5.75. The summed E-state index contributed by atoms with van der Waals surface area (Å²) >= 11 is 0. The molecule has 2 aliphatic heterocycles. The smallest absolute Gasteiger partial charge is 0.410 e. The monoisotopic (exact) mass is 732 g/mol. The largest absolute Gasteiger partial charge is 0.445 e. The van der Waals surface area contributed by atoms with Gasteiger partial charge in [0, 0.05) is 32.1 Å². The van der Waals surface area contributed by atoms with Crippen molar-refractivity contribution >= 4 is 12.1 Å². The summed E-state index contributed by atoms with van der Waals surface area (Å²) < 4.78 is 58.8. The van der Waals surface area contributed by atoms with Gasteiger partial charge in [0.1, 0.15) is 24.4 Å². The van der Waals surface area contributed by atoms with Gasteiger partial charge in [-0.1, -0.05) is 81.4 Å². The zero-order valence-corrected chi connectivity index (χ0v) is 30.8. The molecule has 282 valence electrons. The van der Waals surface area contributed by atoms with E-state index >= 15 is 8.78 Å². The Balaban J connectivity index is 1.39. The van der Waals surface area contributed by atoms with Gasteiger partial charge in [-0.2, -0.15) is 5.10 Å². The Labute approximate surface area is 308 Å². The van der Waals surface area contributed by atoms with Gasteiger partial charge in [0.05, 0.1) is 36.9 Å². The van der Waals surface area contributed by atoms with E-state index in [1.165, 1.54) is 4.90 Å². The molecule has 2 saturated heterocycles. The minimum Gasteiger partial charge on any atom is -0.445 e. The molecular weight excluding hydrogens is 685 g/mol. The maximum Gasteiger partial charge on any atom is 0.410 e. The summed E-state index contributed by atoms with van der Waals surface area (Å²) in [6.07, 6.45) is -2.56. The summed E-state index contributed by atoms with van der Waals surface area (Å²) in [6.45, 7) is 10.3. The Morgan fingerprint density at radius 2 is 1.55 bits per heavy atom. The summed E-state index contributed by atoms with van der Waals surface area (Å²) in [5.74, 6) is -1.81. The number of nitrogens with zero attached hydrogens (tertiary/aromatic N) is 6. The van der Waals surface area contributed by atoms with E-state index in [2.05, 4.69) is 0 Å². The van der Waals surface area contributed by atoms with Crippen LogP contribution in [0.2, 0.25) is 0 Å². The molecule has 4 aromatic rings. The minimum absolute atomic E-state index is 0.0296. The zero-order valence-electron chi connectivity index (χ0n) is 30.8. The fraction of sp³-hybridized carbons (Fsp3) is 0.450.